The lowest BCUT2D eigenvalue weighted by atomic mass is 9.63. The number of aliphatic hydroxyl groups is 2. The van der Waals surface area contributed by atoms with Gasteiger partial charge in [0.05, 0.1) is 17.8 Å². The van der Waals surface area contributed by atoms with Gasteiger partial charge < -0.3 is 19.7 Å². The highest BCUT2D eigenvalue weighted by Crippen LogP contribution is 2.66. The summed E-state index contributed by atoms with van der Waals surface area (Å²) < 4.78 is 12.6. The standard InChI is InChI=1S/C24H32O5/c1-9-6-14-17(21(26)11(3)20(14)25)16-13(9)7-15-18(16)19-22-10(2)5-12(28-23(19)27)8-24(15,4)29-22/h6,10-18,20-21,25-26H,5,7-8H2,1-4H3/t10-,11-,12+,13-,14+,15+,16-,17-,18+,20-,21+,24-/m0/s1. The molecule has 0 amide bonds. The van der Waals surface area contributed by atoms with Crippen molar-refractivity contribution in [2.45, 2.75) is 70.9 Å². The summed E-state index contributed by atoms with van der Waals surface area (Å²) in [6.07, 6.45) is 3.64. The van der Waals surface area contributed by atoms with Crippen molar-refractivity contribution in [1.82, 2.24) is 0 Å². The van der Waals surface area contributed by atoms with Crippen LogP contribution < -0.4 is 0 Å². The van der Waals surface area contributed by atoms with E-state index in [9.17, 15) is 15.0 Å². The van der Waals surface area contributed by atoms with Gasteiger partial charge in [-0.3, -0.25) is 0 Å². The molecule has 3 fully saturated rings. The van der Waals surface area contributed by atoms with Crippen molar-refractivity contribution in [3.8, 4) is 0 Å². The lowest BCUT2D eigenvalue weighted by Crippen LogP contribution is -2.51. The Hall–Kier alpha value is -1.33. The number of esters is 1. The minimum Gasteiger partial charge on any atom is -0.491 e. The molecule has 12 atom stereocenters. The molecule has 0 aromatic heterocycles. The van der Waals surface area contributed by atoms with Gasteiger partial charge in [-0.25, -0.2) is 4.79 Å². The SMILES string of the molecule is CC1=C[C@H]2[C@@H](O)[C@H](C)[C@@H](O)[C@@H]2[C@H]2[C@@H]3C4=C5O[C@@](C)(C[C@@H](C[C@@H]5C)OC4=O)[C@@H]3C[C@@H]12. The molecule has 158 valence electrons. The van der Waals surface area contributed by atoms with E-state index >= 15 is 0 Å². The van der Waals surface area contributed by atoms with Crippen molar-refractivity contribution < 1.29 is 24.5 Å². The fourth-order valence-electron chi connectivity index (χ4n) is 8.28. The molecule has 0 aromatic rings. The van der Waals surface area contributed by atoms with Gasteiger partial charge in [0.2, 0.25) is 0 Å². The second-order valence-electron chi connectivity index (χ2n) is 11.0. The van der Waals surface area contributed by atoms with E-state index in [0.29, 0.717) is 5.92 Å². The van der Waals surface area contributed by atoms with Crippen LogP contribution >= 0.6 is 0 Å². The lowest BCUT2D eigenvalue weighted by Gasteiger charge is -2.48. The van der Waals surface area contributed by atoms with Crippen molar-refractivity contribution in [2.24, 2.45) is 47.3 Å². The Bertz CT molecular complexity index is 844. The molecular formula is C24H32O5. The van der Waals surface area contributed by atoms with Crippen molar-refractivity contribution in [3.63, 3.8) is 0 Å². The van der Waals surface area contributed by atoms with Gasteiger partial charge in [0.15, 0.2) is 0 Å². The second kappa shape index (κ2) is 5.67. The van der Waals surface area contributed by atoms with Gasteiger partial charge in [0.1, 0.15) is 17.5 Å². The van der Waals surface area contributed by atoms with Crippen LogP contribution in [0.25, 0.3) is 0 Å². The van der Waals surface area contributed by atoms with E-state index in [2.05, 4.69) is 26.8 Å². The van der Waals surface area contributed by atoms with Crippen LogP contribution in [0.3, 0.4) is 0 Å². The highest BCUT2D eigenvalue weighted by Gasteiger charge is 2.66. The predicted molar refractivity (Wildman–Crippen MR) is 105 cm³/mol. The fourth-order valence-corrected chi connectivity index (χ4v) is 8.28. The van der Waals surface area contributed by atoms with Crippen LogP contribution in [0.4, 0.5) is 0 Å². The Kier molecular flexibility index (Phi) is 3.61. The number of hydrogen-bond donors (Lipinski definition) is 2. The number of carbonyl (C=O) groups excluding carboxylic acids is 1. The molecule has 0 radical (unpaired) electrons. The number of allylic oxidation sites excluding steroid dienone is 2. The van der Waals surface area contributed by atoms with Gasteiger partial charge in [0, 0.05) is 36.0 Å². The molecule has 3 bridgehead atoms. The van der Waals surface area contributed by atoms with Crippen LogP contribution in [0.5, 0.6) is 0 Å². The van der Waals surface area contributed by atoms with Gasteiger partial charge in [-0.15, -0.1) is 0 Å². The largest absolute Gasteiger partial charge is 0.491 e. The van der Waals surface area contributed by atoms with E-state index in [-0.39, 0.29) is 59.1 Å². The molecule has 0 spiro atoms. The maximum Gasteiger partial charge on any atom is 0.338 e. The van der Waals surface area contributed by atoms with Gasteiger partial charge >= 0.3 is 5.97 Å². The molecule has 5 heteroatoms. The average molecular weight is 401 g/mol. The van der Waals surface area contributed by atoms with Crippen molar-refractivity contribution >= 4 is 5.97 Å². The van der Waals surface area contributed by atoms with E-state index in [1.807, 2.05) is 6.92 Å². The Balaban J connectivity index is 1.55. The average Bonchev–Trinajstić information content (AvgIpc) is 3.07. The summed E-state index contributed by atoms with van der Waals surface area (Å²) in [6, 6.07) is 0. The minimum absolute atomic E-state index is 0.0126. The monoisotopic (exact) mass is 400 g/mol. The molecule has 2 N–H and O–H groups in total. The fraction of sp³-hybridized carbons (Fsp3) is 0.792. The first-order chi connectivity index (χ1) is 13.7. The number of hydrogen-bond acceptors (Lipinski definition) is 5. The Labute approximate surface area is 172 Å². The molecule has 6 aliphatic rings. The highest BCUT2D eigenvalue weighted by molar-refractivity contribution is 5.91. The van der Waals surface area contributed by atoms with Crippen LogP contribution in [0.1, 0.15) is 47.0 Å². The summed E-state index contributed by atoms with van der Waals surface area (Å²) >= 11 is 0. The quantitative estimate of drug-likeness (QED) is 0.483. The molecule has 3 heterocycles. The third kappa shape index (κ3) is 2.16. The van der Waals surface area contributed by atoms with E-state index in [0.717, 1.165) is 30.6 Å². The molecule has 0 unspecified atom stereocenters. The zero-order valence-corrected chi connectivity index (χ0v) is 17.7. The molecule has 2 saturated carbocycles. The summed E-state index contributed by atoms with van der Waals surface area (Å²) in [4.78, 5) is 13.2. The summed E-state index contributed by atoms with van der Waals surface area (Å²) in [6.45, 7) is 8.48. The van der Waals surface area contributed by atoms with E-state index in [1.54, 1.807) is 0 Å². The van der Waals surface area contributed by atoms with Crippen LogP contribution in [0, 0.1) is 47.3 Å². The van der Waals surface area contributed by atoms with Crippen molar-refractivity contribution in [3.05, 3.63) is 23.0 Å². The van der Waals surface area contributed by atoms with Crippen LogP contribution in [-0.2, 0) is 14.3 Å². The van der Waals surface area contributed by atoms with E-state index in [1.165, 1.54) is 5.57 Å². The number of rotatable bonds is 0. The third-order valence-electron chi connectivity index (χ3n) is 9.53. The van der Waals surface area contributed by atoms with Crippen molar-refractivity contribution in [1.29, 1.82) is 0 Å². The molecule has 5 nitrogen and oxygen atoms in total. The Morgan fingerprint density at radius 1 is 1.14 bits per heavy atom. The predicted octanol–water partition coefficient (Wildman–Crippen LogP) is 2.82. The molecule has 1 saturated heterocycles. The summed E-state index contributed by atoms with van der Waals surface area (Å²) in [5.74, 6) is 1.42. The molecule has 3 aliphatic heterocycles. The van der Waals surface area contributed by atoms with Gasteiger partial charge in [-0.2, -0.15) is 0 Å². The first-order valence-corrected chi connectivity index (χ1v) is 11.4. The van der Waals surface area contributed by atoms with Crippen LogP contribution in [-0.4, -0.2) is 40.1 Å². The number of aliphatic hydroxyl groups excluding tert-OH is 2. The van der Waals surface area contributed by atoms with Crippen molar-refractivity contribution in [2.75, 3.05) is 0 Å². The summed E-state index contributed by atoms with van der Waals surface area (Å²) in [5.41, 5.74) is 1.73. The molecule has 6 rings (SSSR count). The van der Waals surface area contributed by atoms with Gasteiger partial charge in [-0.1, -0.05) is 25.5 Å². The second-order valence-corrected chi connectivity index (χ2v) is 11.0. The Morgan fingerprint density at radius 2 is 1.90 bits per heavy atom. The summed E-state index contributed by atoms with van der Waals surface area (Å²) in [5, 5.41) is 22.0. The van der Waals surface area contributed by atoms with Gasteiger partial charge in [-0.05, 0) is 44.4 Å². The van der Waals surface area contributed by atoms with E-state index < -0.39 is 12.2 Å². The normalized spacial score (nSPS) is 57.4. The number of ether oxygens (including phenoxy) is 2. The molecule has 3 aliphatic carbocycles. The first-order valence-electron chi connectivity index (χ1n) is 11.4. The topological polar surface area (TPSA) is 76.0 Å². The van der Waals surface area contributed by atoms with Gasteiger partial charge in [0.25, 0.3) is 0 Å². The molecular weight excluding hydrogens is 368 g/mol. The first kappa shape index (κ1) is 18.4. The smallest absolute Gasteiger partial charge is 0.338 e. The lowest BCUT2D eigenvalue weighted by molar-refractivity contribution is -0.160. The minimum atomic E-state index is -0.543. The number of carbonyl (C=O) groups is 1. The van der Waals surface area contributed by atoms with Crippen LogP contribution in [0.15, 0.2) is 23.0 Å². The maximum atomic E-state index is 13.2. The summed E-state index contributed by atoms with van der Waals surface area (Å²) in [7, 11) is 0. The highest BCUT2D eigenvalue weighted by atomic mass is 16.6. The molecule has 0 aromatic carbocycles. The third-order valence-corrected chi connectivity index (χ3v) is 9.53. The zero-order chi connectivity index (χ0) is 20.4. The van der Waals surface area contributed by atoms with Crippen LogP contribution in [0.2, 0.25) is 0 Å². The maximum absolute atomic E-state index is 13.2. The zero-order valence-electron chi connectivity index (χ0n) is 17.7. The number of fused-ring (bicyclic) bond motifs is 10. The molecule has 29 heavy (non-hydrogen) atoms. The Morgan fingerprint density at radius 3 is 2.66 bits per heavy atom. The van der Waals surface area contributed by atoms with E-state index in [4.69, 9.17) is 9.47 Å².